The minimum atomic E-state index is -1.48. The van der Waals surface area contributed by atoms with E-state index in [0.29, 0.717) is 5.56 Å². The molecule has 0 bridgehead atoms. The lowest BCUT2D eigenvalue weighted by Gasteiger charge is -2.28. The van der Waals surface area contributed by atoms with Gasteiger partial charge in [0, 0.05) is 21.6 Å². The van der Waals surface area contributed by atoms with Crippen molar-refractivity contribution in [2.24, 2.45) is 0 Å². The van der Waals surface area contributed by atoms with Crippen LogP contribution in [0.2, 0.25) is 0 Å². The summed E-state index contributed by atoms with van der Waals surface area (Å²) < 4.78 is 0. The third-order valence-electron chi connectivity index (χ3n) is 4.96. The number of benzene rings is 2. The van der Waals surface area contributed by atoms with Crippen LogP contribution < -0.4 is 10.2 Å². The summed E-state index contributed by atoms with van der Waals surface area (Å²) in [4.78, 5) is 23.2. The largest absolute Gasteiger partial charge is 0.545 e. The first-order valence-corrected chi connectivity index (χ1v) is 12.4. The molecule has 4 nitrogen and oxygen atoms in total. The highest BCUT2D eigenvalue weighted by Gasteiger charge is 2.25. The Hall–Kier alpha value is -1.92. The molecule has 2 unspecified atom stereocenters. The summed E-state index contributed by atoms with van der Waals surface area (Å²) in [5, 5.41) is 23.2. The van der Waals surface area contributed by atoms with E-state index in [1.807, 2.05) is 13.8 Å². The zero-order valence-corrected chi connectivity index (χ0v) is 19.5. The number of carboxylic acid groups (broad SMARTS) is 2. The standard InChI is InChI=1S/C18H26O4S2.C6H4/c1-5-13(23-7-3)11-9-10-12(17(19)20)16(18(21)22)15(11)14(6-2)24-8-4;1-2-5-4-6(5)3-1/h9-10,13-14H,5-8H2,1-4H3,(H,19,20)(H,21,22);1-4H/p-2. The van der Waals surface area contributed by atoms with Crippen LogP contribution in [0.3, 0.4) is 0 Å². The topological polar surface area (TPSA) is 80.3 Å². The molecule has 2 atom stereocenters. The monoisotopic (exact) mass is 444 g/mol. The van der Waals surface area contributed by atoms with Gasteiger partial charge < -0.3 is 19.8 Å². The summed E-state index contributed by atoms with van der Waals surface area (Å²) >= 11 is 3.37. The van der Waals surface area contributed by atoms with Crippen molar-refractivity contribution in [3.05, 3.63) is 58.7 Å². The molecule has 0 aromatic heterocycles. The molecule has 0 heterocycles. The van der Waals surface area contributed by atoms with E-state index in [9.17, 15) is 19.8 Å². The SMILES string of the molecule is CCSC(CC)c1ccc(C(=O)[O-])c(C(=O)[O-])c1C(CC)SCC.c1cc2cc-2c1. The predicted molar refractivity (Wildman–Crippen MR) is 123 cm³/mol. The van der Waals surface area contributed by atoms with Gasteiger partial charge in [-0.1, -0.05) is 58.0 Å². The first-order chi connectivity index (χ1) is 14.4. The maximum absolute atomic E-state index is 11.8. The molecule has 0 aliphatic heterocycles. The highest BCUT2D eigenvalue weighted by molar-refractivity contribution is 7.99. The third kappa shape index (κ3) is 5.82. The molecule has 2 aliphatic carbocycles. The Morgan fingerprint density at radius 3 is 1.77 bits per heavy atom. The molecule has 30 heavy (non-hydrogen) atoms. The molecule has 0 saturated heterocycles. The number of fused-ring (bicyclic) bond motifs is 1. The number of carboxylic acids is 2. The zero-order valence-electron chi connectivity index (χ0n) is 17.9. The number of thioether (sulfide) groups is 2. The van der Waals surface area contributed by atoms with Gasteiger partial charge in [0.1, 0.15) is 0 Å². The Kier molecular flexibility index (Phi) is 9.31. The van der Waals surface area contributed by atoms with Crippen LogP contribution in [-0.2, 0) is 0 Å². The normalized spacial score (nSPS) is 13.1. The average Bonchev–Trinajstić information content (AvgIpc) is 3.34. The lowest BCUT2D eigenvalue weighted by molar-refractivity contribution is -0.259. The molecule has 0 radical (unpaired) electrons. The number of hydrogen-bond donors (Lipinski definition) is 0. The molecule has 0 N–H and O–H groups in total. The maximum Gasteiger partial charge on any atom is 0.0725 e. The van der Waals surface area contributed by atoms with Crippen molar-refractivity contribution in [3.8, 4) is 11.1 Å². The van der Waals surface area contributed by atoms with Crippen LogP contribution >= 0.6 is 23.5 Å². The molecule has 0 fully saturated rings. The molecular formula is C24H28O4S2-2. The van der Waals surface area contributed by atoms with Crippen molar-refractivity contribution in [2.45, 2.75) is 51.0 Å². The second-order valence-corrected chi connectivity index (χ2v) is 9.81. The first kappa shape index (κ1) is 24.4. The van der Waals surface area contributed by atoms with E-state index in [1.165, 1.54) is 17.2 Å². The van der Waals surface area contributed by atoms with E-state index in [2.05, 4.69) is 38.1 Å². The molecule has 0 spiro atoms. The van der Waals surface area contributed by atoms with Crippen LogP contribution in [-0.4, -0.2) is 23.4 Å². The summed E-state index contributed by atoms with van der Waals surface area (Å²) in [7, 11) is 0. The van der Waals surface area contributed by atoms with Gasteiger partial charge in [-0.3, -0.25) is 0 Å². The summed E-state index contributed by atoms with van der Waals surface area (Å²) in [5.74, 6) is -1.21. The fourth-order valence-corrected chi connectivity index (χ4v) is 5.65. The van der Waals surface area contributed by atoms with Gasteiger partial charge in [0.15, 0.2) is 0 Å². The lowest BCUT2D eigenvalue weighted by Crippen LogP contribution is -2.32. The summed E-state index contributed by atoms with van der Waals surface area (Å²) in [6.45, 7) is 8.10. The van der Waals surface area contributed by atoms with Crippen LogP contribution in [0, 0.1) is 0 Å². The van der Waals surface area contributed by atoms with Crippen molar-refractivity contribution in [3.63, 3.8) is 0 Å². The van der Waals surface area contributed by atoms with E-state index in [1.54, 1.807) is 29.6 Å². The van der Waals surface area contributed by atoms with E-state index in [4.69, 9.17) is 0 Å². The van der Waals surface area contributed by atoms with Gasteiger partial charge >= 0.3 is 0 Å². The molecule has 6 heteroatoms. The lowest BCUT2D eigenvalue weighted by atomic mass is 9.90. The summed E-state index contributed by atoms with van der Waals surface area (Å²) in [6, 6.07) is 11.6. The Labute approximate surface area is 187 Å². The highest BCUT2D eigenvalue weighted by Crippen LogP contribution is 2.43. The van der Waals surface area contributed by atoms with E-state index in [-0.39, 0.29) is 21.6 Å². The van der Waals surface area contributed by atoms with Gasteiger partial charge in [0.05, 0.1) is 11.9 Å². The smallest absolute Gasteiger partial charge is 0.0725 e. The number of hydrogen-bond acceptors (Lipinski definition) is 6. The molecular weight excluding hydrogens is 416 g/mol. The van der Waals surface area contributed by atoms with Gasteiger partial charge in [-0.25, -0.2) is 0 Å². The van der Waals surface area contributed by atoms with Crippen molar-refractivity contribution < 1.29 is 19.8 Å². The van der Waals surface area contributed by atoms with Crippen LogP contribution in [0.4, 0.5) is 0 Å². The van der Waals surface area contributed by atoms with E-state index >= 15 is 0 Å². The second kappa shape index (κ2) is 11.5. The summed E-state index contributed by atoms with van der Waals surface area (Å²) in [6.07, 6.45) is 1.56. The van der Waals surface area contributed by atoms with Crippen molar-refractivity contribution in [1.29, 1.82) is 0 Å². The highest BCUT2D eigenvalue weighted by atomic mass is 32.2. The van der Waals surface area contributed by atoms with Crippen molar-refractivity contribution >= 4 is 35.5 Å². The molecule has 0 amide bonds. The predicted octanol–water partition coefficient (Wildman–Crippen LogP) is 4.49. The maximum atomic E-state index is 11.8. The van der Waals surface area contributed by atoms with Crippen molar-refractivity contribution in [1.82, 2.24) is 0 Å². The van der Waals surface area contributed by atoms with Crippen LogP contribution in [0.25, 0.3) is 11.1 Å². The quantitative estimate of drug-likeness (QED) is 0.458. The Bertz CT molecular complexity index is 878. The fraction of sp³-hybridized carbons (Fsp3) is 0.417. The Balaban J connectivity index is 0.000000443. The van der Waals surface area contributed by atoms with Crippen molar-refractivity contribution in [2.75, 3.05) is 11.5 Å². The van der Waals surface area contributed by atoms with Gasteiger partial charge in [-0.2, -0.15) is 23.5 Å². The number of aromatic carboxylic acids is 2. The molecule has 0 saturated carbocycles. The van der Waals surface area contributed by atoms with Gasteiger partial charge in [-0.05, 0) is 52.7 Å². The third-order valence-corrected chi connectivity index (χ3v) is 7.59. The summed E-state index contributed by atoms with van der Waals surface area (Å²) in [5.41, 5.74) is 3.85. The second-order valence-electron chi connectivity index (χ2n) is 6.85. The zero-order chi connectivity index (χ0) is 22.3. The van der Waals surface area contributed by atoms with E-state index < -0.39 is 11.9 Å². The molecule has 2 aliphatic rings. The van der Waals surface area contributed by atoms with Gasteiger partial charge in [0.2, 0.25) is 0 Å². The Morgan fingerprint density at radius 2 is 1.40 bits per heavy atom. The minimum absolute atomic E-state index is 0.0799. The molecule has 1 aromatic carbocycles. The van der Waals surface area contributed by atoms with Crippen LogP contribution in [0.5, 0.6) is 0 Å². The number of carbonyl (C=O) groups is 2. The molecule has 1 aromatic rings. The van der Waals surface area contributed by atoms with Crippen LogP contribution in [0.15, 0.2) is 36.4 Å². The number of rotatable bonds is 10. The van der Waals surface area contributed by atoms with E-state index in [0.717, 1.165) is 29.9 Å². The minimum Gasteiger partial charge on any atom is -0.545 e. The van der Waals surface area contributed by atoms with Gasteiger partial charge in [0.25, 0.3) is 0 Å². The average molecular weight is 445 g/mol. The fourth-order valence-electron chi connectivity index (χ4n) is 3.56. The first-order valence-electron chi connectivity index (χ1n) is 10.3. The number of carbonyl (C=O) groups excluding carboxylic acids is 2. The van der Waals surface area contributed by atoms with Gasteiger partial charge in [-0.15, -0.1) is 0 Å². The van der Waals surface area contributed by atoms with Crippen LogP contribution in [0.1, 0.15) is 82.9 Å². The molecule has 162 valence electrons. The Morgan fingerprint density at radius 1 is 0.833 bits per heavy atom. The molecule has 3 rings (SSSR count).